The minimum absolute atomic E-state index is 0.216. The summed E-state index contributed by atoms with van der Waals surface area (Å²) in [6, 6.07) is 13.0. The van der Waals surface area contributed by atoms with Crippen LogP contribution < -0.4 is 20.5 Å². The molecular weight excluding hydrogens is 505 g/mol. The third-order valence-corrected chi connectivity index (χ3v) is 5.34. The van der Waals surface area contributed by atoms with Gasteiger partial charge in [0, 0.05) is 0 Å². The molecule has 0 aromatic heterocycles. The van der Waals surface area contributed by atoms with Crippen LogP contribution in [0.4, 0.5) is 5.69 Å². The highest BCUT2D eigenvalue weighted by atomic mass is 127. The van der Waals surface area contributed by atoms with E-state index in [1.165, 1.54) is 11.8 Å². The van der Waals surface area contributed by atoms with Crippen LogP contribution in [0.5, 0.6) is 11.5 Å². The monoisotopic (exact) mass is 523 g/mol. The fraction of sp³-hybridized carbons (Fsp3) is 0.150. The first-order valence-corrected chi connectivity index (χ1v) is 10.6. The zero-order chi connectivity index (χ0) is 20.8. The second kappa shape index (κ2) is 9.79. The number of nitrogens with one attached hydrogen (secondary N) is 1. The number of rotatable bonds is 7. The zero-order valence-electron chi connectivity index (χ0n) is 15.5. The van der Waals surface area contributed by atoms with Crippen molar-refractivity contribution in [3.05, 3.63) is 56.5 Å². The highest BCUT2D eigenvalue weighted by Gasteiger charge is 2.24. The van der Waals surface area contributed by atoms with E-state index in [-0.39, 0.29) is 12.5 Å². The van der Waals surface area contributed by atoms with E-state index in [1.54, 1.807) is 12.1 Å². The Bertz CT molecular complexity index is 993. The number of nitrogens with two attached hydrogens (primary N) is 1. The van der Waals surface area contributed by atoms with Gasteiger partial charge in [0.15, 0.2) is 23.3 Å². The third kappa shape index (κ3) is 5.73. The van der Waals surface area contributed by atoms with Gasteiger partial charge in [-0.3, -0.25) is 9.59 Å². The van der Waals surface area contributed by atoms with Gasteiger partial charge in [-0.05, 0) is 77.2 Å². The van der Waals surface area contributed by atoms with Gasteiger partial charge in [0.1, 0.15) is 0 Å². The fourth-order valence-corrected chi connectivity index (χ4v) is 4.09. The van der Waals surface area contributed by atoms with Gasteiger partial charge in [0.25, 0.3) is 11.8 Å². The van der Waals surface area contributed by atoms with Crippen LogP contribution in [0.25, 0.3) is 6.08 Å². The lowest BCUT2D eigenvalue weighted by atomic mass is 10.2. The molecule has 0 spiro atoms. The number of amidine groups is 1. The molecule has 0 unspecified atom stereocenters. The molecule has 29 heavy (non-hydrogen) atoms. The Morgan fingerprint density at radius 3 is 2.72 bits per heavy atom. The lowest BCUT2D eigenvalue weighted by Gasteiger charge is -2.14. The van der Waals surface area contributed by atoms with E-state index in [0.29, 0.717) is 28.2 Å². The van der Waals surface area contributed by atoms with E-state index in [2.05, 4.69) is 32.9 Å². The van der Waals surface area contributed by atoms with E-state index in [0.717, 1.165) is 14.8 Å². The van der Waals surface area contributed by atoms with E-state index >= 15 is 0 Å². The number of benzene rings is 2. The molecule has 0 bridgehead atoms. The second-order valence-corrected chi connectivity index (χ2v) is 8.03. The van der Waals surface area contributed by atoms with Gasteiger partial charge < -0.3 is 20.5 Å². The molecule has 1 heterocycles. The minimum Gasteiger partial charge on any atom is -0.490 e. The van der Waals surface area contributed by atoms with Gasteiger partial charge >= 0.3 is 0 Å². The maximum atomic E-state index is 12.3. The molecule has 150 valence electrons. The Morgan fingerprint density at radius 1 is 1.28 bits per heavy atom. The van der Waals surface area contributed by atoms with E-state index < -0.39 is 5.91 Å². The molecule has 1 saturated heterocycles. The Morgan fingerprint density at radius 2 is 2.03 bits per heavy atom. The van der Waals surface area contributed by atoms with Gasteiger partial charge in [-0.1, -0.05) is 18.2 Å². The van der Waals surface area contributed by atoms with Crippen LogP contribution >= 0.6 is 34.4 Å². The average molecular weight is 523 g/mol. The summed E-state index contributed by atoms with van der Waals surface area (Å²) < 4.78 is 11.9. The van der Waals surface area contributed by atoms with Crippen LogP contribution in [0.2, 0.25) is 0 Å². The molecule has 2 amide bonds. The van der Waals surface area contributed by atoms with Gasteiger partial charge in [-0.2, -0.15) is 0 Å². The van der Waals surface area contributed by atoms with Crippen LogP contribution in [-0.2, 0) is 9.59 Å². The molecule has 1 fully saturated rings. The van der Waals surface area contributed by atoms with Crippen molar-refractivity contribution in [3.8, 4) is 11.5 Å². The Hall–Kier alpha value is -2.53. The summed E-state index contributed by atoms with van der Waals surface area (Å²) in [4.78, 5) is 28.3. The number of thioether (sulfide) groups is 1. The van der Waals surface area contributed by atoms with Crippen LogP contribution in [0, 0.1) is 3.57 Å². The van der Waals surface area contributed by atoms with Crippen LogP contribution in [-0.4, -0.2) is 30.2 Å². The number of carbonyl (C=O) groups excluding carboxylic acids is 2. The van der Waals surface area contributed by atoms with Crippen molar-refractivity contribution < 1.29 is 19.1 Å². The molecule has 1 aliphatic rings. The molecule has 0 atom stereocenters. The number of carbonyl (C=O) groups is 2. The quantitative estimate of drug-likeness (QED) is 0.428. The van der Waals surface area contributed by atoms with Crippen LogP contribution in [0.3, 0.4) is 0 Å². The molecule has 3 N–H and O–H groups in total. The zero-order valence-corrected chi connectivity index (χ0v) is 18.5. The maximum absolute atomic E-state index is 12.3. The summed E-state index contributed by atoms with van der Waals surface area (Å²) >= 11 is 3.36. The first kappa shape index (κ1) is 21.2. The fourth-order valence-electron chi connectivity index (χ4n) is 2.47. The number of amides is 2. The minimum atomic E-state index is -0.571. The first-order valence-electron chi connectivity index (χ1n) is 8.68. The molecule has 2 aromatic carbocycles. The third-order valence-electron chi connectivity index (χ3n) is 3.63. The summed E-state index contributed by atoms with van der Waals surface area (Å²) in [6.07, 6.45) is 1.76. The standard InChI is InChI=1S/C20H18IN3O4S/c1-2-27-15-9-12(8-14(21)18(15)28-11-17(22)25)10-16-19(26)24-20(29-16)23-13-6-4-3-5-7-13/h3-10H,2,11H2,1H3,(H2,22,25)(H,23,24,26)/b16-10-. The Labute approximate surface area is 185 Å². The molecule has 2 aromatic rings. The predicted octanol–water partition coefficient (Wildman–Crippen LogP) is 3.45. The topological polar surface area (TPSA) is 103 Å². The number of aliphatic imine (C=N–C) groups is 1. The van der Waals surface area contributed by atoms with Gasteiger partial charge in [0.2, 0.25) is 0 Å². The largest absolute Gasteiger partial charge is 0.490 e. The highest BCUT2D eigenvalue weighted by Crippen LogP contribution is 2.36. The lowest BCUT2D eigenvalue weighted by molar-refractivity contribution is -0.120. The van der Waals surface area contributed by atoms with Crippen molar-refractivity contribution in [2.24, 2.45) is 10.7 Å². The van der Waals surface area contributed by atoms with E-state index in [9.17, 15) is 9.59 Å². The van der Waals surface area contributed by atoms with E-state index in [1.807, 2.05) is 43.3 Å². The first-order chi connectivity index (χ1) is 14.0. The maximum Gasteiger partial charge on any atom is 0.264 e. The van der Waals surface area contributed by atoms with Crippen molar-refractivity contribution in [3.63, 3.8) is 0 Å². The van der Waals surface area contributed by atoms with Gasteiger partial charge in [-0.25, -0.2) is 4.99 Å². The SMILES string of the molecule is CCOc1cc(/C=C2\SC(=Nc3ccccc3)NC2=O)cc(I)c1OCC(N)=O. The predicted molar refractivity (Wildman–Crippen MR) is 122 cm³/mol. The number of para-hydroxylation sites is 1. The van der Waals surface area contributed by atoms with E-state index in [4.69, 9.17) is 15.2 Å². The summed E-state index contributed by atoms with van der Waals surface area (Å²) in [5.74, 6) is 0.141. The molecule has 1 aliphatic heterocycles. The summed E-state index contributed by atoms with van der Waals surface area (Å²) in [5.41, 5.74) is 6.69. The summed E-state index contributed by atoms with van der Waals surface area (Å²) in [7, 11) is 0. The molecule has 0 aliphatic carbocycles. The highest BCUT2D eigenvalue weighted by molar-refractivity contribution is 14.1. The molecule has 3 rings (SSSR count). The van der Waals surface area contributed by atoms with Crippen LogP contribution in [0.1, 0.15) is 12.5 Å². The lowest BCUT2D eigenvalue weighted by Crippen LogP contribution is -2.20. The average Bonchev–Trinajstić information content (AvgIpc) is 3.00. The van der Waals surface area contributed by atoms with Gasteiger partial charge in [0.05, 0.1) is 20.8 Å². The molecule has 0 radical (unpaired) electrons. The molecule has 9 heteroatoms. The molecular formula is C20H18IN3O4S. The summed E-state index contributed by atoms with van der Waals surface area (Å²) in [6.45, 7) is 2.03. The molecule has 7 nitrogen and oxygen atoms in total. The molecule has 0 saturated carbocycles. The van der Waals surface area contributed by atoms with Crippen molar-refractivity contribution in [2.45, 2.75) is 6.92 Å². The summed E-state index contributed by atoms with van der Waals surface area (Å²) in [5, 5.41) is 3.29. The normalized spacial score (nSPS) is 16.1. The Kier molecular flexibility index (Phi) is 7.15. The van der Waals surface area contributed by atoms with Crippen molar-refractivity contribution in [1.29, 1.82) is 0 Å². The number of primary amides is 1. The van der Waals surface area contributed by atoms with Crippen molar-refractivity contribution in [1.82, 2.24) is 5.32 Å². The number of hydrogen-bond donors (Lipinski definition) is 2. The number of halogens is 1. The van der Waals surface area contributed by atoms with Crippen molar-refractivity contribution in [2.75, 3.05) is 13.2 Å². The van der Waals surface area contributed by atoms with Crippen LogP contribution in [0.15, 0.2) is 52.4 Å². The Balaban J connectivity index is 1.86. The number of ether oxygens (including phenoxy) is 2. The second-order valence-electron chi connectivity index (χ2n) is 5.84. The van der Waals surface area contributed by atoms with Gasteiger partial charge in [-0.15, -0.1) is 0 Å². The number of nitrogens with zero attached hydrogens (tertiary/aromatic N) is 1. The smallest absolute Gasteiger partial charge is 0.264 e. The van der Waals surface area contributed by atoms with Crippen molar-refractivity contribution >= 4 is 63.1 Å². The number of hydrogen-bond acceptors (Lipinski definition) is 6.